The summed E-state index contributed by atoms with van der Waals surface area (Å²) < 4.78 is 18.4. The van der Waals surface area contributed by atoms with Crippen LogP contribution in [0, 0.1) is 6.92 Å². The van der Waals surface area contributed by atoms with Gasteiger partial charge in [-0.3, -0.25) is 9.78 Å². The SMILES string of the molecule is Cc1oc2ncnc(NC3(C)CC3)c2c1C(=O)N1CCc2c(NCCF)ccnc2C1. The van der Waals surface area contributed by atoms with E-state index in [0.717, 1.165) is 29.8 Å². The summed E-state index contributed by atoms with van der Waals surface area (Å²) in [7, 11) is 0. The van der Waals surface area contributed by atoms with Crippen molar-refractivity contribution in [1.29, 1.82) is 0 Å². The molecule has 0 saturated heterocycles. The highest BCUT2D eigenvalue weighted by Crippen LogP contribution is 2.40. The van der Waals surface area contributed by atoms with Gasteiger partial charge in [-0.15, -0.1) is 0 Å². The topological polar surface area (TPSA) is 96.2 Å². The van der Waals surface area contributed by atoms with Crippen LogP contribution < -0.4 is 10.6 Å². The van der Waals surface area contributed by atoms with E-state index in [4.69, 9.17) is 4.42 Å². The number of hydrogen-bond donors (Lipinski definition) is 2. The minimum absolute atomic E-state index is 0.00374. The van der Waals surface area contributed by atoms with Crippen molar-refractivity contribution < 1.29 is 13.6 Å². The van der Waals surface area contributed by atoms with Gasteiger partial charge in [0.25, 0.3) is 5.91 Å². The fraction of sp³-hybridized carbons (Fsp3) is 0.455. The van der Waals surface area contributed by atoms with Gasteiger partial charge >= 0.3 is 0 Å². The zero-order chi connectivity index (χ0) is 21.6. The van der Waals surface area contributed by atoms with Crippen molar-refractivity contribution in [1.82, 2.24) is 19.9 Å². The van der Waals surface area contributed by atoms with Gasteiger partial charge in [-0.25, -0.2) is 14.4 Å². The number of carbonyl (C=O) groups is 1. The molecule has 2 N–H and O–H groups in total. The second kappa shape index (κ2) is 7.47. The van der Waals surface area contributed by atoms with Crippen molar-refractivity contribution in [2.24, 2.45) is 0 Å². The number of aromatic nitrogens is 3. The van der Waals surface area contributed by atoms with E-state index in [0.29, 0.717) is 47.8 Å². The van der Waals surface area contributed by atoms with Crippen LogP contribution in [-0.4, -0.2) is 51.1 Å². The maximum atomic E-state index is 13.6. The normalized spacial score (nSPS) is 16.8. The van der Waals surface area contributed by atoms with Crippen LogP contribution in [0.2, 0.25) is 0 Å². The number of carbonyl (C=O) groups excluding carboxylic acids is 1. The Morgan fingerprint density at radius 2 is 2.16 bits per heavy atom. The molecule has 9 heteroatoms. The van der Waals surface area contributed by atoms with E-state index in [1.54, 1.807) is 18.0 Å². The molecule has 1 amide bonds. The van der Waals surface area contributed by atoms with E-state index in [9.17, 15) is 9.18 Å². The van der Waals surface area contributed by atoms with Crippen LogP contribution in [0.15, 0.2) is 23.0 Å². The van der Waals surface area contributed by atoms with Crippen molar-refractivity contribution in [3.8, 4) is 0 Å². The van der Waals surface area contributed by atoms with Gasteiger partial charge in [0.15, 0.2) is 0 Å². The summed E-state index contributed by atoms with van der Waals surface area (Å²) in [4.78, 5) is 28.5. The molecule has 1 aliphatic carbocycles. The number of fused-ring (bicyclic) bond motifs is 2. The highest BCUT2D eigenvalue weighted by Gasteiger charge is 2.39. The van der Waals surface area contributed by atoms with Crippen LogP contribution in [0.25, 0.3) is 11.1 Å². The summed E-state index contributed by atoms with van der Waals surface area (Å²) in [5, 5.41) is 7.20. The molecule has 4 heterocycles. The van der Waals surface area contributed by atoms with E-state index >= 15 is 0 Å². The van der Waals surface area contributed by atoms with E-state index in [1.165, 1.54) is 6.33 Å². The molecule has 3 aromatic heterocycles. The number of rotatable bonds is 6. The molecule has 0 atom stereocenters. The monoisotopic (exact) mass is 424 g/mol. The maximum Gasteiger partial charge on any atom is 0.258 e. The zero-order valence-corrected chi connectivity index (χ0v) is 17.7. The molecule has 1 saturated carbocycles. The van der Waals surface area contributed by atoms with Gasteiger partial charge in [0, 0.05) is 36.1 Å². The number of aryl methyl sites for hydroxylation is 1. The summed E-state index contributed by atoms with van der Waals surface area (Å²) in [6.45, 7) is 4.67. The first-order valence-electron chi connectivity index (χ1n) is 10.6. The lowest BCUT2D eigenvalue weighted by Crippen LogP contribution is -2.37. The Kier molecular flexibility index (Phi) is 4.75. The quantitative estimate of drug-likeness (QED) is 0.625. The molecule has 31 heavy (non-hydrogen) atoms. The lowest BCUT2D eigenvalue weighted by atomic mass is 10.0. The molecule has 0 spiro atoms. The first-order valence-corrected chi connectivity index (χ1v) is 10.6. The summed E-state index contributed by atoms with van der Waals surface area (Å²) in [6.07, 6.45) is 5.93. The molecule has 2 aliphatic rings. The molecular formula is C22H25FN6O2. The number of halogens is 1. The van der Waals surface area contributed by atoms with E-state index in [2.05, 4.69) is 32.5 Å². The number of nitrogens with zero attached hydrogens (tertiary/aromatic N) is 4. The minimum atomic E-state index is -0.438. The number of pyridine rings is 1. The van der Waals surface area contributed by atoms with Crippen LogP contribution in [0.3, 0.4) is 0 Å². The Morgan fingerprint density at radius 3 is 2.94 bits per heavy atom. The third kappa shape index (κ3) is 3.58. The van der Waals surface area contributed by atoms with Gasteiger partial charge in [-0.2, -0.15) is 0 Å². The lowest BCUT2D eigenvalue weighted by molar-refractivity contribution is 0.0732. The number of anilines is 2. The third-order valence-electron chi connectivity index (χ3n) is 6.11. The highest BCUT2D eigenvalue weighted by atomic mass is 19.1. The predicted molar refractivity (Wildman–Crippen MR) is 115 cm³/mol. The number of nitrogens with one attached hydrogen (secondary N) is 2. The van der Waals surface area contributed by atoms with Crippen LogP contribution >= 0.6 is 0 Å². The van der Waals surface area contributed by atoms with Crippen molar-refractivity contribution in [3.05, 3.63) is 41.2 Å². The molecule has 8 nitrogen and oxygen atoms in total. The van der Waals surface area contributed by atoms with Crippen molar-refractivity contribution >= 4 is 28.5 Å². The number of hydrogen-bond acceptors (Lipinski definition) is 7. The Hall–Kier alpha value is -3.23. The average molecular weight is 424 g/mol. The molecule has 0 unspecified atom stereocenters. The van der Waals surface area contributed by atoms with Crippen molar-refractivity contribution in [3.63, 3.8) is 0 Å². The number of alkyl halides is 1. The third-order valence-corrected chi connectivity index (χ3v) is 6.11. The van der Waals surface area contributed by atoms with Gasteiger partial charge in [0.2, 0.25) is 5.71 Å². The summed E-state index contributed by atoms with van der Waals surface area (Å²) >= 11 is 0. The molecule has 3 aromatic rings. The van der Waals surface area contributed by atoms with Gasteiger partial charge in [-0.05, 0) is 39.2 Å². The van der Waals surface area contributed by atoms with Crippen molar-refractivity contribution in [2.45, 2.75) is 45.2 Å². The van der Waals surface area contributed by atoms with Gasteiger partial charge in [0.1, 0.15) is 24.6 Å². The van der Waals surface area contributed by atoms with Crippen molar-refractivity contribution in [2.75, 3.05) is 30.4 Å². The molecule has 0 aromatic carbocycles. The maximum absolute atomic E-state index is 13.6. The van der Waals surface area contributed by atoms with Crippen LogP contribution in [0.5, 0.6) is 0 Å². The second-order valence-corrected chi connectivity index (χ2v) is 8.50. The molecule has 0 radical (unpaired) electrons. The average Bonchev–Trinajstić information content (AvgIpc) is 3.39. The van der Waals surface area contributed by atoms with Crippen LogP contribution in [-0.2, 0) is 13.0 Å². The molecule has 1 aliphatic heterocycles. The fourth-order valence-electron chi connectivity index (χ4n) is 4.13. The fourth-order valence-corrected chi connectivity index (χ4v) is 4.13. The first-order chi connectivity index (χ1) is 15.0. The smallest absolute Gasteiger partial charge is 0.258 e. The van der Waals surface area contributed by atoms with Crippen LogP contribution in [0.1, 0.15) is 47.1 Å². The molecular weight excluding hydrogens is 399 g/mol. The second-order valence-electron chi connectivity index (χ2n) is 8.50. The van der Waals surface area contributed by atoms with E-state index in [-0.39, 0.29) is 18.0 Å². The summed E-state index contributed by atoms with van der Waals surface area (Å²) in [6, 6.07) is 1.85. The van der Waals surface area contributed by atoms with Crippen LogP contribution in [0.4, 0.5) is 15.9 Å². The largest absolute Gasteiger partial charge is 0.442 e. The van der Waals surface area contributed by atoms with E-state index < -0.39 is 6.67 Å². The number of amides is 1. The Balaban J connectivity index is 1.47. The molecule has 162 valence electrons. The standard InChI is InChI=1S/C22H25FN6O2/c1-13-17(18-19(28-22(2)5-6-22)26-12-27-20(18)31-13)21(30)29-10-4-14-15(25-9-7-23)3-8-24-16(14)11-29/h3,8,12H,4-7,9-11H2,1-2H3,(H,24,25)(H,26,27,28). The van der Waals surface area contributed by atoms with Gasteiger partial charge in [0.05, 0.1) is 23.2 Å². The summed E-state index contributed by atoms with van der Waals surface area (Å²) in [5.41, 5.74) is 3.67. The molecule has 0 bridgehead atoms. The zero-order valence-electron chi connectivity index (χ0n) is 17.7. The molecule has 1 fully saturated rings. The molecule has 5 rings (SSSR count). The first kappa shape index (κ1) is 19.7. The Labute approximate surface area is 179 Å². The van der Waals surface area contributed by atoms with Gasteiger partial charge < -0.3 is 20.0 Å². The predicted octanol–water partition coefficient (Wildman–Crippen LogP) is 3.47. The minimum Gasteiger partial charge on any atom is -0.442 e. The van der Waals surface area contributed by atoms with Gasteiger partial charge in [-0.1, -0.05) is 0 Å². The Bertz CT molecular complexity index is 1160. The van der Waals surface area contributed by atoms with E-state index in [1.807, 2.05) is 6.07 Å². The lowest BCUT2D eigenvalue weighted by Gasteiger charge is -2.29. The highest BCUT2D eigenvalue weighted by molar-refractivity contribution is 6.10. The number of furan rings is 1. The Morgan fingerprint density at radius 1 is 1.32 bits per heavy atom. The summed E-state index contributed by atoms with van der Waals surface area (Å²) in [5.74, 6) is 1.05.